The molecule has 0 saturated heterocycles. The molecule has 0 saturated carbocycles. The van der Waals surface area contributed by atoms with Gasteiger partial charge in [0.05, 0.1) is 10.6 Å². The predicted molar refractivity (Wildman–Crippen MR) is 89.6 cm³/mol. The molecular weight excluding hydrogens is 337 g/mol. The fraction of sp³-hybridized carbons (Fsp3) is 0.176. The Hall–Kier alpha value is -2.04. The Labute approximate surface area is 144 Å². The van der Waals surface area contributed by atoms with Crippen molar-refractivity contribution >= 4 is 35.1 Å². The Balaban J connectivity index is 1.92. The molecule has 0 heterocycles. The molecule has 0 bridgehead atoms. The van der Waals surface area contributed by atoms with E-state index in [-0.39, 0.29) is 16.5 Å². The van der Waals surface area contributed by atoms with Gasteiger partial charge in [0.1, 0.15) is 0 Å². The lowest BCUT2D eigenvalue weighted by Crippen LogP contribution is -2.35. The molecule has 1 amide bonds. The smallest absolute Gasteiger partial charge is 0.340 e. The van der Waals surface area contributed by atoms with Crippen molar-refractivity contribution < 1.29 is 14.3 Å². The van der Waals surface area contributed by atoms with E-state index in [9.17, 15) is 9.59 Å². The molecule has 6 heteroatoms. The minimum absolute atomic E-state index is 0.127. The van der Waals surface area contributed by atoms with Crippen molar-refractivity contribution in [2.24, 2.45) is 0 Å². The third kappa shape index (κ3) is 4.98. The van der Waals surface area contributed by atoms with Gasteiger partial charge in [0.25, 0.3) is 5.91 Å². The van der Waals surface area contributed by atoms with Gasteiger partial charge in [-0.15, -0.1) is 0 Å². The number of rotatable bonds is 5. The van der Waals surface area contributed by atoms with Crippen molar-refractivity contribution in [2.75, 3.05) is 0 Å². The molecule has 0 aliphatic rings. The molecule has 0 aliphatic heterocycles. The first-order valence-electron chi connectivity index (χ1n) is 6.95. The molecule has 2 aromatic rings. The highest BCUT2D eigenvalue weighted by atomic mass is 35.5. The normalized spacial score (nSPS) is 11.6. The van der Waals surface area contributed by atoms with Gasteiger partial charge in [-0.1, -0.05) is 53.5 Å². The van der Waals surface area contributed by atoms with Crippen molar-refractivity contribution in [3.05, 3.63) is 69.7 Å². The number of ether oxygens (including phenoxy) is 1. The first-order chi connectivity index (χ1) is 11.0. The van der Waals surface area contributed by atoms with Gasteiger partial charge >= 0.3 is 5.97 Å². The summed E-state index contributed by atoms with van der Waals surface area (Å²) in [6.45, 7) is 1.86. The molecule has 0 spiro atoms. The number of esters is 1. The van der Waals surface area contributed by atoms with E-state index in [0.717, 1.165) is 5.56 Å². The molecule has 1 N–H and O–H groups in total. The van der Waals surface area contributed by atoms with Gasteiger partial charge in [0.15, 0.2) is 6.10 Å². The molecule has 0 aromatic heterocycles. The summed E-state index contributed by atoms with van der Waals surface area (Å²) in [5, 5.41) is 3.29. The highest BCUT2D eigenvalue weighted by Crippen LogP contribution is 2.21. The number of amides is 1. The lowest BCUT2D eigenvalue weighted by Gasteiger charge is -2.14. The topological polar surface area (TPSA) is 55.4 Å². The van der Waals surface area contributed by atoms with Crippen LogP contribution in [0.3, 0.4) is 0 Å². The molecule has 4 nitrogen and oxygen atoms in total. The zero-order valence-electron chi connectivity index (χ0n) is 12.4. The monoisotopic (exact) mass is 351 g/mol. The Morgan fingerprint density at radius 2 is 1.83 bits per heavy atom. The minimum Gasteiger partial charge on any atom is -0.449 e. The van der Waals surface area contributed by atoms with Gasteiger partial charge in [-0.3, -0.25) is 4.79 Å². The number of halogens is 2. The van der Waals surface area contributed by atoms with Crippen LogP contribution < -0.4 is 5.32 Å². The quantitative estimate of drug-likeness (QED) is 0.832. The summed E-state index contributed by atoms with van der Waals surface area (Å²) >= 11 is 11.8. The van der Waals surface area contributed by atoms with E-state index >= 15 is 0 Å². The van der Waals surface area contributed by atoms with E-state index < -0.39 is 12.1 Å². The maximum absolute atomic E-state index is 12.1. The molecule has 1 atom stereocenters. The first-order valence-corrected chi connectivity index (χ1v) is 7.70. The Kier molecular flexibility index (Phi) is 6.02. The van der Waals surface area contributed by atoms with E-state index in [0.29, 0.717) is 11.6 Å². The van der Waals surface area contributed by atoms with Gasteiger partial charge in [-0.05, 0) is 30.7 Å². The summed E-state index contributed by atoms with van der Waals surface area (Å²) in [5.41, 5.74) is 1.08. The largest absolute Gasteiger partial charge is 0.449 e. The number of carbonyl (C=O) groups excluding carboxylic acids is 2. The standard InChI is InChI=1S/C17H15Cl2NO3/c1-11(16(21)20-10-12-5-3-2-4-6-12)23-17(22)14-9-13(18)7-8-15(14)19/h2-9,11H,10H2,1H3,(H,20,21)/t11-/m1/s1. The number of hydrogen-bond donors (Lipinski definition) is 1. The molecular formula is C17H15Cl2NO3. The van der Waals surface area contributed by atoms with Crippen LogP contribution >= 0.6 is 23.2 Å². The van der Waals surface area contributed by atoms with Crippen LogP contribution in [0.4, 0.5) is 0 Å². The number of hydrogen-bond acceptors (Lipinski definition) is 3. The second kappa shape index (κ2) is 7.99. The van der Waals surface area contributed by atoms with Crippen LogP contribution in [-0.4, -0.2) is 18.0 Å². The van der Waals surface area contributed by atoms with Crippen LogP contribution in [-0.2, 0) is 16.1 Å². The lowest BCUT2D eigenvalue weighted by molar-refractivity contribution is -0.129. The maximum atomic E-state index is 12.1. The number of nitrogens with one attached hydrogen (secondary N) is 1. The van der Waals surface area contributed by atoms with Gasteiger partial charge in [0.2, 0.25) is 0 Å². The molecule has 23 heavy (non-hydrogen) atoms. The zero-order valence-corrected chi connectivity index (χ0v) is 13.9. The summed E-state index contributed by atoms with van der Waals surface area (Å²) in [6.07, 6.45) is -0.943. The average Bonchev–Trinajstić information content (AvgIpc) is 2.55. The van der Waals surface area contributed by atoms with E-state index in [4.69, 9.17) is 27.9 Å². The predicted octanol–water partition coefficient (Wildman–Crippen LogP) is 3.86. The van der Waals surface area contributed by atoms with Crippen molar-refractivity contribution in [3.63, 3.8) is 0 Å². The summed E-state index contributed by atoms with van der Waals surface area (Å²) in [5.74, 6) is -1.08. The Morgan fingerprint density at radius 1 is 1.13 bits per heavy atom. The third-order valence-electron chi connectivity index (χ3n) is 3.11. The SMILES string of the molecule is C[C@@H](OC(=O)c1cc(Cl)ccc1Cl)C(=O)NCc1ccccc1. The first kappa shape index (κ1) is 17.3. The van der Waals surface area contributed by atoms with Gasteiger partial charge in [-0.25, -0.2) is 4.79 Å². The summed E-state index contributed by atoms with van der Waals surface area (Å²) in [6, 6.07) is 13.9. The van der Waals surface area contributed by atoms with Crippen molar-refractivity contribution in [1.82, 2.24) is 5.32 Å². The van der Waals surface area contributed by atoms with Crippen LogP contribution in [0.25, 0.3) is 0 Å². The fourth-order valence-corrected chi connectivity index (χ4v) is 2.23. The van der Waals surface area contributed by atoms with Crippen LogP contribution in [0.15, 0.2) is 48.5 Å². The van der Waals surface area contributed by atoms with Crippen LogP contribution in [0, 0.1) is 0 Å². The second-order valence-corrected chi connectivity index (χ2v) is 5.72. The van der Waals surface area contributed by atoms with Gasteiger partial charge < -0.3 is 10.1 Å². The van der Waals surface area contributed by atoms with Crippen LogP contribution in [0.1, 0.15) is 22.8 Å². The minimum atomic E-state index is -0.943. The second-order valence-electron chi connectivity index (χ2n) is 4.88. The van der Waals surface area contributed by atoms with Crippen molar-refractivity contribution in [2.45, 2.75) is 19.6 Å². The summed E-state index contributed by atoms with van der Waals surface area (Å²) in [7, 11) is 0. The fourth-order valence-electron chi connectivity index (χ4n) is 1.86. The van der Waals surface area contributed by atoms with E-state index in [2.05, 4.69) is 5.32 Å². The highest BCUT2D eigenvalue weighted by molar-refractivity contribution is 6.35. The molecule has 2 rings (SSSR count). The Morgan fingerprint density at radius 3 is 2.52 bits per heavy atom. The maximum Gasteiger partial charge on any atom is 0.340 e. The van der Waals surface area contributed by atoms with Crippen molar-refractivity contribution in [3.8, 4) is 0 Å². The van der Waals surface area contributed by atoms with E-state index in [1.54, 1.807) is 6.07 Å². The van der Waals surface area contributed by atoms with Gasteiger partial charge in [-0.2, -0.15) is 0 Å². The molecule has 0 aliphatic carbocycles. The summed E-state index contributed by atoms with van der Waals surface area (Å²) in [4.78, 5) is 24.0. The summed E-state index contributed by atoms with van der Waals surface area (Å²) < 4.78 is 5.13. The van der Waals surface area contributed by atoms with E-state index in [1.165, 1.54) is 19.1 Å². The molecule has 0 radical (unpaired) electrons. The lowest BCUT2D eigenvalue weighted by atomic mass is 10.2. The van der Waals surface area contributed by atoms with Crippen LogP contribution in [0.5, 0.6) is 0 Å². The molecule has 0 fully saturated rings. The zero-order chi connectivity index (χ0) is 16.8. The average molecular weight is 352 g/mol. The molecule has 120 valence electrons. The van der Waals surface area contributed by atoms with Gasteiger partial charge in [0, 0.05) is 11.6 Å². The number of benzene rings is 2. The van der Waals surface area contributed by atoms with Crippen LogP contribution in [0.2, 0.25) is 10.0 Å². The molecule has 0 unspecified atom stereocenters. The third-order valence-corrected chi connectivity index (χ3v) is 3.68. The Bertz CT molecular complexity index is 704. The van der Waals surface area contributed by atoms with Crippen molar-refractivity contribution in [1.29, 1.82) is 0 Å². The number of carbonyl (C=O) groups is 2. The molecule has 2 aromatic carbocycles. The van der Waals surface area contributed by atoms with E-state index in [1.807, 2.05) is 30.3 Å². The highest BCUT2D eigenvalue weighted by Gasteiger charge is 2.20.